The van der Waals surface area contributed by atoms with Gasteiger partial charge in [0, 0.05) is 26.3 Å². The lowest BCUT2D eigenvalue weighted by Gasteiger charge is -2.25. The van der Waals surface area contributed by atoms with Crippen molar-refractivity contribution in [2.45, 2.75) is 83.8 Å². The molecule has 224 valence electrons. The van der Waals surface area contributed by atoms with Crippen molar-refractivity contribution in [3.05, 3.63) is 99.8 Å². The van der Waals surface area contributed by atoms with Gasteiger partial charge in [-0.05, 0) is 64.9 Å². The Kier molecular flexibility index (Phi) is 13.7. The lowest BCUT2D eigenvalue weighted by molar-refractivity contribution is -0.00226. The molecule has 1 heterocycles. The average Bonchev–Trinajstić information content (AvgIpc) is 2.92. The Bertz CT molecular complexity index is 1350. The molecule has 41 heavy (non-hydrogen) atoms. The van der Waals surface area contributed by atoms with Gasteiger partial charge in [-0.15, -0.1) is 6.58 Å². The van der Waals surface area contributed by atoms with Crippen LogP contribution in [0.2, 0.25) is 0 Å². The highest BCUT2D eigenvalue weighted by atomic mass is 19.1. The molecular formula is C33H46FN3O4. The van der Waals surface area contributed by atoms with Gasteiger partial charge < -0.3 is 15.1 Å². The minimum Gasteiger partial charge on any atom is -0.513 e. The number of hydrogen-bond acceptors (Lipinski definition) is 6. The SMILES string of the molecule is C=CC(C/C=C/F)n1c(CCCCC(=C)O)nc2c(c1=O)=CCC(C/C=C(\ONC)C(C)(O)C/C=C\C=C(C)C)C=2. The van der Waals surface area contributed by atoms with Crippen LogP contribution in [0.4, 0.5) is 4.39 Å². The number of unbranched alkanes of at least 4 members (excludes halogenated alkanes) is 1. The number of hydrogen-bond donors (Lipinski definition) is 3. The largest absolute Gasteiger partial charge is 0.513 e. The Balaban J connectivity index is 2.42. The maximum absolute atomic E-state index is 13.7. The Morgan fingerprint density at radius 3 is 2.76 bits per heavy atom. The topological polar surface area (TPSA) is 96.6 Å². The van der Waals surface area contributed by atoms with Gasteiger partial charge in [0.15, 0.2) is 5.76 Å². The van der Waals surface area contributed by atoms with Crippen LogP contribution in [0.5, 0.6) is 0 Å². The maximum atomic E-state index is 13.7. The number of hydroxylamine groups is 1. The zero-order chi connectivity index (χ0) is 30.4. The summed E-state index contributed by atoms with van der Waals surface area (Å²) in [7, 11) is 1.65. The third-order valence-corrected chi connectivity index (χ3v) is 6.89. The quantitative estimate of drug-likeness (QED) is 0.0778. The number of aliphatic hydroxyl groups excluding tert-OH is 1. The van der Waals surface area contributed by atoms with Crippen LogP contribution in [0, 0.1) is 5.92 Å². The molecule has 0 aliphatic heterocycles. The highest BCUT2D eigenvalue weighted by Crippen LogP contribution is 2.25. The van der Waals surface area contributed by atoms with Gasteiger partial charge in [-0.3, -0.25) is 9.36 Å². The van der Waals surface area contributed by atoms with Crippen LogP contribution >= 0.6 is 0 Å². The predicted octanol–water partition coefficient (Wildman–Crippen LogP) is 5.30. The third kappa shape index (κ3) is 10.4. The van der Waals surface area contributed by atoms with E-state index in [0.717, 1.165) is 0 Å². The zero-order valence-corrected chi connectivity index (χ0v) is 24.9. The first-order chi connectivity index (χ1) is 19.5. The number of fused-ring (bicyclic) bond motifs is 1. The van der Waals surface area contributed by atoms with Gasteiger partial charge in [0.2, 0.25) is 0 Å². The highest BCUT2D eigenvalue weighted by Gasteiger charge is 2.27. The minimum absolute atomic E-state index is 0.0490. The monoisotopic (exact) mass is 567 g/mol. The fraction of sp³-hybridized carbons (Fsp3) is 0.455. The van der Waals surface area contributed by atoms with Crippen molar-refractivity contribution in [3.63, 3.8) is 0 Å². The van der Waals surface area contributed by atoms with E-state index in [4.69, 9.17) is 9.82 Å². The van der Waals surface area contributed by atoms with Crippen molar-refractivity contribution in [1.29, 1.82) is 0 Å². The summed E-state index contributed by atoms with van der Waals surface area (Å²) in [4.78, 5) is 24.2. The predicted molar refractivity (Wildman–Crippen MR) is 165 cm³/mol. The zero-order valence-electron chi connectivity index (χ0n) is 24.9. The number of nitrogens with one attached hydrogen (secondary N) is 1. The van der Waals surface area contributed by atoms with Crippen molar-refractivity contribution < 1.29 is 19.4 Å². The van der Waals surface area contributed by atoms with E-state index in [1.165, 1.54) is 11.6 Å². The lowest BCUT2D eigenvalue weighted by atomic mass is 9.93. The molecule has 0 fully saturated rings. The average molecular weight is 568 g/mol. The molecule has 1 aliphatic rings. The summed E-state index contributed by atoms with van der Waals surface area (Å²) < 4.78 is 14.4. The number of aromatic nitrogens is 2. The van der Waals surface area contributed by atoms with Gasteiger partial charge in [0.1, 0.15) is 11.4 Å². The molecule has 1 aromatic heterocycles. The Labute approximate surface area is 243 Å². The van der Waals surface area contributed by atoms with Crippen molar-refractivity contribution in [2.24, 2.45) is 5.92 Å². The second-order valence-electron chi connectivity index (χ2n) is 10.8. The number of aliphatic hydroxyl groups is 2. The number of halogens is 1. The van der Waals surface area contributed by atoms with E-state index < -0.39 is 11.6 Å². The Morgan fingerprint density at radius 2 is 2.12 bits per heavy atom. The highest BCUT2D eigenvalue weighted by molar-refractivity contribution is 5.38. The van der Waals surface area contributed by atoms with Crippen molar-refractivity contribution in [1.82, 2.24) is 15.0 Å². The smallest absolute Gasteiger partial charge is 0.261 e. The molecule has 3 unspecified atom stereocenters. The molecular weight excluding hydrogens is 521 g/mol. The minimum atomic E-state index is -1.21. The van der Waals surface area contributed by atoms with E-state index in [-0.39, 0.29) is 23.7 Å². The second kappa shape index (κ2) is 16.7. The van der Waals surface area contributed by atoms with Crippen LogP contribution in [0.1, 0.15) is 77.6 Å². The van der Waals surface area contributed by atoms with Gasteiger partial charge >= 0.3 is 0 Å². The molecule has 0 amide bonds. The first kappa shape index (κ1) is 33.7. The number of nitrogens with zero attached hydrogens (tertiary/aromatic N) is 2. The van der Waals surface area contributed by atoms with Crippen molar-refractivity contribution in [3.8, 4) is 0 Å². The van der Waals surface area contributed by atoms with Crippen LogP contribution in [0.15, 0.2) is 77.8 Å². The number of aryl methyl sites for hydroxylation is 1. The van der Waals surface area contributed by atoms with Crippen molar-refractivity contribution >= 4 is 12.2 Å². The van der Waals surface area contributed by atoms with Gasteiger partial charge in [-0.1, -0.05) is 54.7 Å². The molecule has 0 saturated heterocycles. The van der Waals surface area contributed by atoms with Gasteiger partial charge in [0.05, 0.1) is 28.7 Å². The number of rotatable bonds is 17. The normalized spacial score (nSPS) is 17.3. The summed E-state index contributed by atoms with van der Waals surface area (Å²) in [5.74, 6) is 1.19. The van der Waals surface area contributed by atoms with E-state index in [1.54, 1.807) is 24.6 Å². The van der Waals surface area contributed by atoms with Gasteiger partial charge in [0.25, 0.3) is 5.56 Å². The molecule has 0 radical (unpaired) electrons. The van der Waals surface area contributed by atoms with Crippen LogP contribution in [-0.2, 0) is 11.3 Å². The fourth-order valence-corrected chi connectivity index (χ4v) is 4.68. The molecule has 3 atom stereocenters. The summed E-state index contributed by atoms with van der Waals surface area (Å²) in [6, 6.07) is -0.432. The lowest BCUT2D eigenvalue weighted by Crippen LogP contribution is -2.50. The molecule has 1 aliphatic carbocycles. The van der Waals surface area contributed by atoms with Crippen LogP contribution in [0.3, 0.4) is 0 Å². The maximum Gasteiger partial charge on any atom is 0.261 e. The summed E-state index contributed by atoms with van der Waals surface area (Å²) >= 11 is 0. The van der Waals surface area contributed by atoms with Gasteiger partial charge in [-0.25, -0.2) is 9.37 Å². The van der Waals surface area contributed by atoms with E-state index in [0.29, 0.717) is 73.4 Å². The third-order valence-electron chi connectivity index (χ3n) is 6.89. The van der Waals surface area contributed by atoms with E-state index >= 15 is 0 Å². The van der Waals surface area contributed by atoms with Crippen molar-refractivity contribution in [2.75, 3.05) is 7.05 Å². The first-order valence-corrected chi connectivity index (χ1v) is 14.2. The van der Waals surface area contributed by atoms with E-state index in [9.17, 15) is 19.4 Å². The van der Waals surface area contributed by atoms with E-state index in [1.807, 2.05) is 50.3 Å². The van der Waals surface area contributed by atoms with Crippen LogP contribution in [-0.4, -0.2) is 32.4 Å². The fourth-order valence-electron chi connectivity index (χ4n) is 4.68. The second-order valence-corrected chi connectivity index (χ2v) is 10.8. The summed E-state index contributed by atoms with van der Waals surface area (Å²) in [6.07, 6.45) is 19.3. The molecule has 0 bridgehead atoms. The summed E-state index contributed by atoms with van der Waals surface area (Å²) in [5.41, 5.74) is 2.46. The molecule has 1 aromatic rings. The molecule has 0 aromatic carbocycles. The first-order valence-electron chi connectivity index (χ1n) is 14.2. The molecule has 7 nitrogen and oxygen atoms in total. The summed E-state index contributed by atoms with van der Waals surface area (Å²) in [5, 5.41) is 21.7. The van der Waals surface area contributed by atoms with Gasteiger partial charge in [-0.2, -0.15) is 5.48 Å². The van der Waals surface area contributed by atoms with E-state index in [2.05, 4.69) is 18.6 Å². The Morgan fingerprint density at radius 1 is 1.37 bits per heavy atom. The Hall–Kier alpha value is -3.49. The van der Waals surface area contributed by atoms with Crippen LogP contribution < -0.4 is 21.6 Å². The number of allylic oxidation sites excluding steroid dienone is 7. The molecule has 0 saturated carbocycles. The molecule has 8 heteroatoms. The molecule has 2 rings (SSSR count). The van der Waals surface area contributed by atoms with Crippen LogP contribution in [0.25, 0.3) is 12.2 Å². The summed E-state index contributed by atoms with van der Waals surface area (Å²) in [6.45, 7) is 13.1. The molecule has 0 spiro atoms. The molecule has 3 N–H and O–H groups in total. The standard InChI is InChI=1S/C33H46FN3O4/c1-7-27(15-12-22-34)37-31(16-9-8-14-25(4)38)36-29-23-26(17-19-28(29)32(37)39)18-20-30(41-35-6)33(5,40)21-11-10-13-24(2)3/h7,10-13,19-20,22-23,26-27,35,38,40H,1,4,8-9,14-18,21H2,2-3,5-6H3/b11-10-,22-12+,30-20-.